The molecular formula is CHF3LaO3S+3. The second-order valence-corrected chi connectivity index (χ2v) is 2.33. The van der Waals surface area contributed by atoms with Crippen LogP contribution in [0.4, 0.5) is 13.2 Å². The first-order valence-electron chi connectivity index (χ1n) is 1.29. The molecule has 8 heteroatoms. The van der Waals surface area contributed by atoms with Gasteiger partial charge in [-0.15, -0.1) is 0 Å². The van der Waals surface area contributed by atoms with E-state index in [2.05, 4.69) is 0 Å². The molecule has 0 spiro atoms. The van der Waals surface area contributed by atoms with Crippen molar-refractivity contribution < 1.29 is 61.7 Å². The number of alkyl halides is 3. The van der Waals surface area contributed by atoms with Crippen molar-refractivity contribution in [2.75, 3.05) is 0 Å². The zero-order chi connectivity index (χ0) is 7.00. The summed E-state index contributed by atoms with van der Waals surface area (Å²) in [4.78, 5) is 0. The maximum absolute atomic E-state index is 10.7. The second-order valence-electron chi connectivity index (χ2n) is 0.921. The zero-order valence-corrected chi connectivity index (χ0v) is 8.33. The first-order chi connectivity index (χ1) is 3.25. The second kappa shape index (κ2) is 3.33. The first kappa shape index (κ1) is 12.6. The maximum Gasteiger partial charge on any atom is 3.00 e. The molecule has 0 aliphatic rings. The van der Waals surface area contributed by atoms with E-state index in [4.69, 9.17) is 13.0 Å². The monoisotopic (exact) mass is 289 g/mol. The minimum atomic E-state index is -5.84. The molecule has 0 amide bonds. The summed E-state index contributed by atoms with van der Waals surface area (Å²) in [6, 6.07) is 0. The third-order valence-electron chi connectivity index (χ3n) is 0.292. The molecule has 50 valence electrons. The van der Waals surface area contributed by atoms with Gasteiger partial charge in [0.15, 0.2) is 0 Å². The van der Waals surface area contributed by atoms with Crippen LogP contribution < -0.4 is 0 Å². The van der Waals surface area contributed by atoms with Crippen molar-refractivity contribution in [1.82, 2.24) is 0 Å². The standard InChI is InChI=1S/CHF3O3S.La/c2-1(3,4)8(5,6)7;/h(H,5,6,7);/q;+3. The van der Waals surface area contributed by atoms with E-state index in [1.807, 2.05) is 0 Å². The van der Waals surface area contributed by atoms with Crippen molar-refractivity contribution in [2.45, 2.75) is 5.51 Å². The summed E-state index contributed by atoms with van der Waals surface area (Å²) >= 11 is 0. The summed E-state index contributed by atoms with van der Waals surface area (Å²) in [6.07, 6.45) is 0. The van der Waals surface area contributed by atoms with Crippen LogP contribution in [0.15, 0.2) is 0 Å². The van der Waals surface area contributed by atoms with Crippen molar-refractivity contribution in [3.8, 4) is 0 Å². The van der Waals surface area contributed by atoms with Gasteiger partial charge in [-0.1, -0.05) is 0 Å². The largest absolute Gasteiger partial charge is 3.00 e. The van der Waals surface area contributed by atoms with Gasteiger partial charge in [0.25, 0.3) is 0 Å². The van der Waals surface area contributed by atoms with Crippen LogP contribution >= 0.6 is 0 Å². The summed E-state index contributed by atoms with van der Waals surface area (Å²) in [6.45, 7) is 0. The van der Waals surface area contributed by atoms with Crippen LogP contribution in [0.5, 0.6) is 0 Å². The Labute approximate surface area is 77.0 Å². The van der Waals surface area contributed by atoms with Crippen molar-refractivity contribution in [1.29, 1.82) is 0 Å². The third-order valence-corrected chi connectivity index (χ3v) is 0.877. The molecule has 1 N–H and O–H groups in total. The summed E-state index contributed by atoms with van der Waals surface area (Å²) in [5.41, 5.74) is -5.53. The van der Waals surface area contributed by atoms with Crippen LogP contribution in [0, 0.1) is 35.6 Å². The van der Waals surface area contributed by atoms with Gasteiger partial charge in [-0.25, -0.2) is 0 Å². The van der Waals surface area contributed by atoms with Gasteiger partial charge in [0, 0.05) is 0 Å². The Morgan fingerprint density at radius 2 is 1.33 bits per heavy atom. The topological polar surface area (TPSA) is 54.4 Å². The van der Waals surface area contributed by atoms with Crippen molar-refractivity contribution >= 4 is 10.1 Å². The number of hydrogen-bond acceptors (Lipinski definition) is 2. The van der Waals surface area contributed by atoms with Crippen molar-refractivity contribution in [3.63, 3.8) is 0 Å². The van der Waals surface area contributed by atoms with Crippen LogP contribution in [0.3, 0.4) is 0 Å². The van der Waals surface area contributed by atoms with E-state index < -0.39 is 15.6 Å². The minimum absolute atomic E-state index is 0. The number of rotatable bonds is 0. The maximum atomic E-state index is 10.7. The molecule has 0 aliphatic carbocycles. The average molecular weight is 289 g/mol. The Morgan fingerprint density at radius 1 is 1.22 bits per heavy atom. The average Bonchev–Trinajstić information content (AvgIpc) is 1.25. The molecule has 0 bridgehead atoms. The number of halogens is 3. The first-order valence-corrected chi connectivity index (χ1v) is 2.73. The molecule has 0 radical (unpaired) electrons. The molecule has 0 atom stereocenters. The quantitative estimate of drug-likeness (QED) is 0.518. The van der Waals surface area contributed by atoms with E-state index in [1.54, 1.807) is 0 Å². The molecule has 0 aromatic rings. The van der Waals surface area contributed by atoms with Gasteiger partial charge in [0.05, 0.1) is 0 Å². The Bertz CT molecular complexity index is 168. The van der Waals surface area contributed by atoms with Crippen LogP contribution in [0.1, 0.15) is 0 Å². The van der Waals surface area contributed by atoms with Gasteiger partial charge in [0.2, 0.25) is 0 Å². The van der Waals surface area contributed by atoms with E-state index in [0.717, 1.165) is 0 Å². The molecule has 3 nitrogen and oxygen atoms in total. The number of hydrogen-bond donors (Lipinski definition) is 1. The van der Waals surface area contributed by atoms with Crippen molar-refractivity contribution in [3.05, 3.63) is 0 Å². The fraction of sp³-hybridized carbons (Fsp3) is 1.00. The van der Waals surface area contributed by atoms with Crippen LogP contribution in [-0.4, -0.2) is 18.5 Å². The van der Waals surface area contributed by atoms with Gasteiger partial charge < -0.3 is 0 Å². The molecule has 0 saturated heterocycles. The fourth-order valence-corrected chi connectivity index (χ4v) is 0. The van der Waals surface area contributed by atoms with E-state index in [0.29, 0.717) is 0 Å². The van der Waals surface area contributed by atoms with E-state index in [-0.39, 0.29) is 35.6 Å². The molecular weight excluding hydrogens is 288 g/mol. The van der Waals surface area contributed by atoms with Gasteiger partial charge in [-0.3, -0.25) is 4.55 Å². The molecule has 0 aromatic heterocycles. The molecule has 0 saturated carbocycles. The molecule has 0 fully saturated rings. The van der Waals surface area contributed by atoms with E-state index >= 15 is 0 Å². The van der Waals surface area contributed by atoms with Crippen LogP contribution in [-0.2, 0) is 10.1 Å². The van der Waals surface area contributed by atoms with Crippen molar-refractivity contribution in [2.24, 2.45) is 0 Å². The van der Waals surface area contributed by atoms with Gasteiger partial charge in [-0.2, -0.15) is 21.6 Å². The summed E-state index contributed by atoms with van der Waals surface area (Å²) in [7, 11) is -5.84. The summed E-state index contributed by atoms with van der Waals surface area (Å²) in [5, 5.41) is 0. The molecule has 0 heterocycles. The molecule has 9 heavy (non-hydrogen) atoms. The molecule has 0 unspecified atom stereocenters. The molecule has 0 aliphatic heterocycles. The Hall–Kier alpha value is 0.895. The van der Waals surface area contributed by atoms with Gasteiger partial charge >= 0.3 is 51.2 Å². The third kappa shape index (κ3) is 4.32. The van der Waals surface area contributed by atoms with Gasteiger partial charge in [0.1, 0.15) is 0 Å². The minimum Gasteiger partial charge on any atom is -0.279 e. The van der Waals surface area contributed by atoms with Gasteiger partial charge in [-0.05, 0) is 0 Å². The molecule has 0 rings (SSSR count). The van der Waals surface area contributed by atoms with Crippen LogP contribution in [0.25, 0.3) is 0 Å². The Morgan fingerprint density at radius 3 is 1.33 bits per heavy atom. The Kier molecular flexibility index (Phi) is 4.65. The SMILES string of the molecule is O=S(=O)(O)C(F)(F)F.[La+3]. The van der Waals surface area contributed by atoms with E-state index in [1.165, 1.54) is 0 Å². The fourth-order valence-electron chi connectivity index (χ4n) is 0. The zero-order valence-electron chi connectivity index (χ0n) is 3.88. The summed E-state index contributed by atoms with van der Waals surface area (Å²) < 4.78 is 57.5. The predicted molar refractivity (Wildman–Crippen MR) is 17.6 cm³/mol. The normalized spacial score (nSPS) is 12.4. The molecule has 0 aromatic carbocycles. The predicted octanol–water partition coefficient (Wildman–Crippen LogP) is 0.394. The summed E-state index contributed by atoms with van der Waals surface area (Å²) in [5.74, 6) is 0. The van der Waals surface area contributed by atoms with Crippen LogP contribution in [0.2, 0.25) is 0 Å². The van der Waals surface area contributed by atoms with E-state index in [9.17, 15) is 13.2 Å². The smallest absolute Gasteiger partial charge is 0.279 e. The Balaban J connectivity index is 0.